The third-order valence-corrected chi connectivity index (χ3v) is 11.0. The predicted molar refractivity (Wildman–Crippen MR) is 249 cm³/mol. The molecule has 0 saturated heterocycles. The Morgan fingerprint density at radius 3 is 1.37 bits per heavy atom. The van der Waals surface area contributed by atoms with Crippen LogP contribution in [0.1, 0.15) is 121 Å². The first-order chi connectivity index (χ1) is 29.1. The minimum atomic E-state index is -0.346. The van der Waals surface area contributed by atoms with E-state index in [9.17, 15) is 15.0 Å². The van der Waals surface area contributed by atoms with Crippen LogP contribution in [0.4, 0.5) is 0 Å². The molecule has 3 aromatic rings. The lowest BCUT2D eigenvalue weighted by Gasteiger charge is -2.22. The predicted octanol–water partition coefficient (Wildman–Crippen LogP) is 7.04. The van der Waals surface area contributed by atoms with Crippen molar-refractivity contribution in [2.24, 2.45) is 22.9 Å². The van der Waals surface area contributed by atoms with Crippen molar-refractivity contribution >= 4 is 21.9 Å². The molecular weight excluding hydrogens is 757 g/mol. The molecule has 0 spiro atoms. The molecule has 12 heteroatoms. The number of phenols is 1. The third kappa shape index (κ3) is 16.8. The molecule has 60 heavy (non-hydrogen) atoms. The fraction of sp³-hybridized carbons (Fsp3) is 0.646. The van der Waals surface area contributed by atoms with Crippen LogP contribution < -0.4 is 37.8 Å². The zero-order valence-electron chi connectivity index (χ0n) is 37.6. The Bertz CT molecular complexity index is 1800. The van der Waals surface area contributed by atoms with Gasteiger partial charge in [-0.05, 0) is 189 Å². The number of nitrogens with two attached hydrogens (primary N) is 4. The molecule has 1 aromatic heterocycles. The lowest BCUT2D eigenvalue weighted by molar-refractivity contribution is 0.237. The molecule has 0 unspecified atom stereocenters. The Morgan fingerprint density at radius 2 is 0.967 bits per heavy atom. The van der Waals surface area contributed by atoms with Crippen molar-refractivity contribution in [1.82, 2.24) is 9.80 Å². The molecule has 338 valence electrons. The van der Waals surface area contributed by atoms with Crippen molar-refractivity contribution in [3.8, 4) is 17.2 Å². The van der Waals surface area contributed by atoms with Gasteiger partial charge < -0.3 is 56.8 Å². The van der Waals surface area contributed by atoms with E-state index in [2.05, 4.69) is 9.80 Å². The van der Waals surface area contributed by atoms with Gasteiger partial charge in [0.1, 0.15) is 33.8 Å². The molecule has 0 amide bonds. The SMILES string of the molecule is CC(C)=CCc1c(OCCCCN(CCCCN)CCCCN)cc2oc3cc(OCCCCN(CCCCN)CCCCN)c(CO)c(CC=C(C)C)c3c(=O)c2c1O. The zero-order valence-corrected chi connectivity index (χ0v) is 37.6. The molecule has 2 aromatic carbocycles. The van der Waals surface area contributed by atoms with Crippen molar-refractivity contribution in [3.63, 3.8) is 0 Å². The Hall–Kier alpha value is -3.49. The fourth-order valence-corrected chi connectivity index (χ4v) is 7.56. The van der Waals surface area contributed by atoms with Gasteiger partial charge in [-0.2, -0.15) is 0 Å². The van der Waals surface area contributed by atoms with E-state index < -0.39 is 0 Å². The van der Waals surface area contributed by atoms with E-state index in [0.717, 1.165) is 127 Å². The molecule has 0 radical (unpaired) electrons. The minimum Gasteiger partial charge on any atom is -0.507 e. The van der Waals surface area contributed by atoms with Crippen LogP contribution in [-0.4, -0.2) is 98.7 Å². The Labute approximate surface area is 360 Å². The normalized spacial score (nSPS) is 11.7. The van der Waals surface area contributed by atoms with Crippen LogP contribution in [0.3, 0.4) is 0 Å². The maximum atomic E-state index is 14.6. The first-order valence-electron chi connectivity index (χ1n) is 22.8. The number of aromatic hydroxyl groups is 1. The highest BCUT2D eigenvalue weighted by Crippen LogP contribution is 2.39. The fourth-order valence-electron chi connectivity index (χ4n) is 7.56. The molecule has 3 rings (SSSR count). The van der Waals surface area contributed by atoms with Gasteiger partial charge in [-0.15, -0.1) is 0 Å². The molecule has 0 aliphatic heterocycles. The number of ether oxygens (including phenoxy) is 2. The summed E-state index contributed by atoms with van der Waals surface area (Å²) in [4.78, 5) is 19.6. The van der Waals surface area contributed by atoms with Crippen LogP contribution in [-0.2, 0) is 19.4 Å². The van der Waals surface area contributed by atoms with E-state index >= 15 is 0 Å². The number of nitrogens with zero attached hydrogens (tertiary/aromatic N) is 2. The number of aliphatic hydroxyl groups excluding tert-OH is 1. The van der Waals surface area contributed by atoms with Gasteiger partial charge in [0.15, 0.2) is 0 Å². The molecule has 0 atom stereocenters. The van der Waals surface area contributed by atoms with Gasteiger partial charge in [0, 0.05) is 23.3 Å². The van der Waals surface area contributed by atoms with Crippen molar-refractivity contribution in [2.45, 2.75) is 124 Å². The number of unbranched alkanes of at least 4 members (excludes halogenated alkanes) is 6. The number of hydrogen-bond acceptors (Lipinski definition) is 12. The van der Waals surface area contributed by atoms with E-state index in [1.807, 2.05) is 39.8 Å². The number of aliphatic hydroxyl groups is 1. The van der Waals surface area contributed by atoms with Crippen LogP contribution in [0.5, 0.6) is 17.2 Å². The second-order valence-corrected chi connectivity index (χ2v) is 16.6. The second-order valence-electron chi connectivity index (χ2n) is 16.6. The van der Waals surface area contributed by atoms with Crippen molar-refractivity contribution < 1.29 is 24.1 Å². The molecule has 0 saturated carbocycles. The first kappa shape index (κ1) is 50.9. The van der Waals surface area contributed by atoms with Crippen LogP contribution in [0.25, 0.3) is 21.9 Å². The smallest absolute Gasteiger partial charge is 0.204 e. The lowest BCUT2D eigenvalue weighted by atomic mass is 9.95. The summed E-state index contributed by atoms with van der Waals surface area (Å²) in [6, 6.07) is 3.47. The summed E-state index contributed by atoms with van der Waals surface area (Å²) in [6.07, 6.45) is 16.8. The number of benzene rings is 2. The van der Waals surface area contributed by atoms with E-state index in [4.69, 9.17) is 36.8 Å². The average Bonchev–Trinajstić information content (AvgIpc) is 3.21. The van der Waals surface area contributed by atoms with Crippen molar-refractivity contribution in [3.05, 3.63) is 62.3 Å². The molecule has 12 nitrogen and oxygen atoms in total. The third-order valence-electron chi connectivity index (χ3n) is 11.0. The molecule has 0 aliphatic rings. The van der Waals surface area contributed by atoms with Gasteiger partial charge >= 0.3 is 0 Å². The van der Waals surface area contributed by atoms with E-state index in [1.54, 1.807) is 12.1 Å². The monoisotopic (exact) mass is 837 g/mol. The summed E-state index contributed by atoms with van der Waals surface area (Å²) >= 11 is 0. The Morgan fingerprint density at radius 1 is 0.583 bits per heavy atom. The molecular formula is C48H80N6O6. The number of fused-ring (bicyclic) bond motifs is 2. The van der Waals surface area contributed by atoms with Crippen molar-refractivity contribution in [2.75, 3.05) is 78.7 Å². The highest BCUT2D eigenvalue weighted by Gasteiger charge is 2.24. The standard InChI is InChI=1S/C48H80N6O6/c1-36(2)17-19-38-40(35-55)42(59-32-16-14-30-54(27-11-7-23-51)28-12-8-24-52)34-43-45(38)48(57)46-44(60-43)33-41(39(47(46)56)20-18-37(3)4)58-31-15-13-29-53(25-9-5-21-49)26-10-6-22-50/h17-18,33-34,55-56H,5-16,19-32,35,49-52H2,1-4H3. The molecule has 0 bridgehead atoms. The van der Waals surface area contributed by atoms with Gasteiger partial charge in [-0.25, -0.2) is 0 Å². The number of phenolic OH excluding ortho intramolecular Hbond substituents is 1. The van der Waals surface area contributed by atoms with E-state index in [1.165, 1.54) is 0 Å². The first-order valence-corrected chi connectivity index (χ1v) is 22.8. The maximum absolute atomic E-state index is 14.6. The Kier molecular flexibility index (Phi) is 24.5. The average molecular weight is 837 g/mol. The summed E-state index contributed by atoms with van der Waals surface area (Å²) in [5, 5.41) is 23.1. The maximum Gasteiger partial charge on any atom is 0.204 e. The second kappa shape index (κ2) is 28.9. The van der Waals surface area contributed by atoms with Gasteiger partial charge in [-0.1, -0.05) is 23.3 Å². The van der Waals surface area contributed by atoms with Gasteiger partial charge in [-0.3, -0.25) is 4.79 Å². The topological polar surface area (TPSA) is 200 Å². The van der Waals surface area contributed by atoms with Crippen LogP contribution in [0.15, 0.2) is 44.6 Å². The summed E-state index contributed by atoms with van der Waals surface area (Å²) in [5.41, 5.74) is 27.1. The van der Waals surface area contributed by atoms with Gasteiger partial charge in [0.05, 0.1) is 25.2 Å². The number of allylic oxidation sites excluding steroid dienone is 4. The minimum absolute atomic E-state index is 0.107. The van der Waals surface area contributed by atoms with E-state index in [0.29, 0.717) is 91.4 Å². The highest BCUT2D eigenvalue weighted by atomic mass is 16.5. The molecule has 1 heterocycles. The summed E-state index contributed by atoms with van der Waals surface area (Å²) in [5.74, 6) is 0.852. The Balaban J connectivity index is 1.94. The van der Waals surface area contributed by atoms with Crippen molar-refractivity contribution in [1.29, 1.82) is 0 Å². The van der Waals surface area contributed by atoms with Gasteiger partial charge in [0.2, 0.25) is 5.43 Å². The zero-order chi connectivity index (χ0) is 43.7. The van der Waals surface area contributed by atoms with Gasteiger partial charge in [0.25, 0.3) is 0 Å². The van der Waals surface area contributed by atoms with Crippen LogP contribution >= 0.6 is 0 Å². The molecule has 0 fully saturated rings. The van der Waals surface area contributed by atoms with E-state index in [-0.39, 0.29) is 28.8 Å². The summed E-state index contributed by atoms with van der Waals surface area (Å²) < 4.78 is 19.3. The highest BCUT2D eigenvalue weighted by molar-refractivity contribution is 5.97. The summed E-state index contributed by atoms with van der Waals surface area (Å²) in [7, 11) is 0. The summed E-state index contributed by atoms with van der Waals surface area (Å²) in [6.45, 7) is 17.4. The molecule has 10 N–H and O–H groups in total. The number of hydrogen-bond donors (Lipinski definition) is 6. The quantitative estimate of drug-likeness (QED) is 0.0208. The lowest BCUT2D eigenvalue weighted by Crippen LogP contribution is -2.28. The molecule has 0 aliphatic carbocycles. The van der Waals surface area contributed by atoms with Crippen LogP contribution in [0, 0.1) is 0 Å². The number of rotatable bonds is 33. The van der Waals surface area contributed by atoms with Crippen LogP contribution in [0.2, 0.25) is 0 Å². The largest absolute Gasteiger partial charge is 0.507 e.